The zero-order chi connectivity index (χ0) is 11.9. The minimum absolute atomic E-state index is 0.208. The van der Waals surface area contributed by atoms with Crippen LogP contribution in [0.4, 0.5) is 0 Å². The number of rotatable bonds is 5. The van der Waals surface area contributed by atoms with Crippen LogP contribution in [0.5, 0.6) is 0 Å². The molecular weight excluding hydrogens is 206 g/mol. The minimum atomic E-state index is 0.208. The van der Waals surface area contributed by atoms with Gasteiger partial charge in [0.1, 0.15) is 0 Å². The second-order valence-electron chi connectivity index (χ2n) is 4.46. The summed E-state index contributed by atoms with van der Waals surface area (Å²) in [5.41, 5.74) is 0. The molecule has 0 spiro atoms. The Kier molecular flexibility index (Phi) is 6.81. The average molecular weight is 231 g/mol. The number of hydrogen-bond donors (Lipinski definition) is 2. The Morgan fingerprint density at radius 3 is 2.40 bits per heavy atom. The molecule has 0 saturated carbocycles. The summed E-state index contributed by atoms with van der Waals surface area (Å²) >= 11 is 1.84. The number of nitrogens with zero attached hydrogens (tertiary/aromatic N) is 1. The van der Waals surface area contributed by atoms with Crippen LogP contribution in [-0.4, -0.2) is 36.1 Å². The van der Waals surface area contributed by atoms with Crippen LogP contribution < -0.4 is 10.6 Å². The van der Waals surface area contributed by atoms with Gasteiger partial charge in [-0.1, -0.05) is 0 Å². The van der Waals surface area contributed by atoms with E-state index in [1.165, 1.54) is 0 Å². The maximum absolute atomic E-state index is 4.57. The van der Waals surface area contributed by atoms with Gasteiger partial charge in [-0.15, -0.1) is 0 Å². The molecule has 0 bridgehead atoms. The Balaban J connectivity index is 4.28. The van der Waals surface area contributed by atoms with E-state index in [1.807, 2.05) is 11.8 Å². The molecule has 0 aliphatic heterocycles. The Bertz CT molecular complexity index is 200. The topological polar surface area (TPSA) is 36.4 Å². The van der Waals surface area contributed by atoms with Crippen molar-refractivity contribution in [3.8, 4) is 0 Å². The predicted octanol–water partition coefficient (Wildman–Crippen LogP) is 2.09. The zero-order valence-corrected chi connectivity index (χ0v) is 11.7. The molecule has 2 N–H and O–H groups in total. The molecule has 15 heavy (non-hydrogen) atoms. The molecule has 0 heterocycles. The first-order valence-corrected chi connectivity index (χ1v) is 6.73. The average Bonchev–Trinajstić information content (AvgIpc) is 2.14. The van der Waals surface area contributed by atoms with Crippen molar-refractivity contribution in [1.29, 1.82) is 0 Å². The van der Waals surface area contributed by atoms with E-state index in [-0.39, 0.29) is 4.75 Å². The van der Waals surface area contributed by atoms with Crippen molar-refractivity contribution in [2.75, 3.05) is 19.3 Å². The molecule has 0 aliphatic rings. The number of thioether (sulfide) groups is 1. The lowest BCUT2D eigenvalue weighted by molar-refractivity contribution is 0.679. The van der Waals surface area contributed by atoms with Gasteiger partial charge in [0, 0.05) is 17.3 Å². The molecule has 0 radical (unpaired) electrons. The van der Waals surface area contributed by atoms with Gasteiger partial charge in [-0.25, -0.2) is 0 Å². The summed E-state index contributed by atoms with van der Waals surface area (Å²) in [5.74, 6) is 0.912. The van der Waals surface area contributed by atoms with E-state index in [1.54, 1.807) is 0 Å². The third-order valence-electron chi connectivity index (χ3n) is 1.94. The quantitative estimate of drug-likeness (QED) is 0.562. The summed E-state index contributed by atoms with van der Waals surface area (Å²) in [6.07, 6.45) is 2.12. The van der Waals surface area contributed by atoms with Crippen LogP contribution in [-0.2, 0) is 0 Å². The molecule has 0 aromatic heterocycles. The number of nitrogens with one attached hydrogen (secondary N) is 2. The van der Waals surface area contributed by atoms with E-state index in [0.717, 1.165) is 19.0 Å². The van der Waals surface area contributed by atoms with Crippen LogP contribution in [0.15, 0.2) is 4.99 Å². The van der Waals surface area contributed by atoms with Crippen molar-refractivity contribution in [1.82, 2.24) is 10.6 Å². The summed E-state index contributed by atoms with van der Waals surface area (Å²) in [7, 11) is 0. The van der Waals surface area contributed by atoms with Gasteiger partial charge in [0.2, 0.25) is 0 Å². The second-order valence-corrected chi connectivity index (χ2v) is 5.97. The minimum Gasteiger partial charge on any atom is -0.357 e. The summed E-state index contributed by atoms with van der Waals surface area (Å²) in [6.45, 7) is 12.5. The SMILES string of the molecule is CCNC(=NCC(C)(C)SC)NC(C)C. The van der Waals surface area contributed by atoms with E-state index in [2.05, 4.69) is 56.5 Å². The maximum Gasteiger partial charge on any atom is 0.191 e. The smallest absolute Gasteiger partial charge is 0.191 e. The third kappa shape index (κ3) is 7.54. The molecule has 90 valence electrons. The summed E-state index contributed by atoms with van der Waals surface area (Å²) < 4.78 is 0.208. The van der Waals surface area contributed by atoms with E-state index in [4.69, 9.17) is 0 Å². The van der Waals surface area contributed by atoms with Gasteiger partial charge in [-0.3, -0.25) is 4.99 Å². The van der Waals surface area contributed by atoms with Gasteiger partial charge in [-0.05, 0) is 40.9 Å². The monoisotopic (exact) mass is 231 g/mol. The van der Waals surface area contributed by atoms with Gasteiger partial charge in [0.25, 0.3) is 0 Å². The largest absolute Gasteiger partial charge is 0.357 e. The molecule has 0 amide bonds. The second kappa shape index (κ2) is 6.99. The van der Waals surface area contributed by atoms with Crippen LogP contribution in [0.3, 0.4) is 0 Å². The molecule has 0 unspecified atom stereocenters. The van der Waals surface area contributed by atoms with Crippen LogP contribution in [0.25, 0.3) is 0 Å². The van der Waals surface area contributed by atoms with Crippen LogP contribution in [0.1, 0.15) is 34.6 Å². The molecule has 4 heteroatoms. The highest BCUT2D eigenvalue weighted by molar-refractivity contribution is 7.99. The van der Waals surface area contributed by atoms with E-state index in [0.29, 0.717) is 6.04 Å². The standard InChI is InChI=1S/C11H25N3S/c1-7-12-10(14-9(2)3)13-8-11(4,5)15-6/h9H,7-8H2,1-6H3,(H2,12,13,14). The van der Waals surface area contributed by atoms with Crippen molar-refractivity contribution in [3.05, 3.63) is 0 Å². The van der Waals surface area contributed by atoms with Crippen LogP contribution in [0, 0.1) is 0 Å². The highest BCUT2D eigenvalue weighted by Crippen LogP contribution is 2.20. The predicted molar refractivity (Wildman–Crippen MR) is 71.8 cm³/mol. The van der Waals surface area contributed by atoms with Crippen molar-refractivity contribution in [3.63, 3.8) is 0 Å². The Hall–Kier alpha value is -0.380. The van der Waals surface area contributed by atoms with E-state index < -0.39 is 0 Å². The highest BCUT2D eigenvalue weighted by atomic mass is 32.2. The van der Waals surface area contributed by atoms with Crippen molar-refractivity contribution in [2.24, 2.45) is 4.99 Å². The summed E-state index contributed by atoms with van der Waals surface area (Å²) in [4.78, 5) is 4.57. The number of aliphatic imine (C=N–C) groups is 1. The van der Waals surface area contributed by atoms with Crippen LogP contribution in [0.2, 0.25) is 0 Å². The molecule has 0 rings (SSSR count). The van der Waals surface area contributed by atoms with E-state index >= 15 is 0 Å². The fourth-order valence-corrected chi connectivity index (χ4v) is 1.12. The van der Waals surface area contributed by atoms with Crippen LogP contribution >= 0.6 is 11.8 Å². The highest BCUT2D eigenvalue weighted by Gasteiger charge is 2.15. The molecule has 0 fully saturated rings. The fourth-order valence-electron chi connectivity index (χ4n) is 0.927. The first-order chi connectivity index (χ1) is 6.91. The molecule has 0 aromatic carbocycles. The van der Waals surface area contributed by atoms with Gasteiger partial charge < -0.3 is 10.6 Å². The van der Waals surface area contributed by atoms with E-state index in [9.17, 15) is 0 Å². The molecule has 0 aromatic rings. The first kappa shape index (κ1) is 14.6. The van der Waals surface area contributed by atoms with Gasteiger partial charge in [-0.2, -0.15) is 11.8 Å². The van der Waals surface area contributed by atoms with Crippen molar-refractivity contribution in [2.45, 2.75) is 45.4 Å². The fraction of sp³-hybridized carbons (Fsp3) is 0.909. The Labute approximate surface area is 98.5 Å². The number of guanidine groups is 1. The lowest BCUT2D eigenvalue weighted by Gasteiger charge is -2.21. The van der Waals surface area contributed by atoms with Gasteiger partial charge in [0.15, 0.2) is 5.96 Å². The first-order valence-electron chi connectivity index (χ1n) is 5.51. The zero-order valence-electron chi connectivity index (χ0n) is 10.8. The maximum atomic E-state index is 4.57. The van der Waals surface area contributed by atoms with Crippen molar-refractivity contribution >= 4 is 17.7 Å². The third-order valence-corrected chi connectivity index (χ3v) is 3.17. The van der Waals surface area contributed by atoms with Gasteiger partial charge in [0.05, 0.1) is 6.54 Å². The molecule has 0 atom stereocenters. The molecule has 3 nitrogen and oxygen atoms in total. The normalized spacial score (nSPS) is 13.1. The molecule has 0 aliphatic carbocycles. The molecular formula is C11H25N3S. The summed E-state index contributed by atoms with van der Waals surface area (Å²) in [6, 6.07) is 0.417. The Morgan fingerprint density at radius 2 is 2.00 bits per heavy atom. The summed E-state index contributed by atoms with van der Waals surface area (Å²) in [5, 5.41) is 6.55. The lowest BCUT2D eigenvalue weighted by atomic mass is 10.2. The Morgan fingerprint density at radius 1 is 1.40 bits per heavy atom. The molecule has 0 saturated heterocycles. The van der Waals surface area contributed by atoms with Gasteiger partial charge >= 0.3 is 0 Å². The van der Waals surface area contributed by atoms with Crippen molar-refractivity contribution < 1.29 is 0 Å². The number of hydrogen-bond acceptors (Lipinski definition) is 2. The lowest BCUT2D eigenvalue weighted by Crippen LogP contribution is -2.41.